The summed E-state index contributed by atoms with van der Waals surface area (Å²) >= 11 is 0. The van der Waals surface area contributed by atoms with Crippen LogP contribution in [0.5, 0.6) is 5.75 Å². The first-order valence-corrected chi connectivity index (χ1v) is 10.4. The molecule has 1 amide bonds. The maximum absolute atomic E-state index is 12.0. The fourth-order valence-electron chi connectivity index (χ4n) is 2.79. The highest BCUT2D eigenvalue weighted by atomic mass is 16.5. The van der Waals surface area contributed by atoms with Gasteiger partial charge in [-0.2, -0.15) is 0 Å². The van der Waals surface area contributed by atoms with Gasteiger partial charge in [0.2, 0.25) is 0 Å². The third-order valence-corrected chi connectivity index (χ3v) is 4.35. The summed E-state index contributed by atoms with van der Waals surface area (Å²) in [4.78, 5) is 16.6. The molecule has 0 saturated heterocycles. The molecule has 3 N–H and O–H groups in total. The van der Waals surface area contributed by atoms with Crippen LogP contribution in [0.4, 0.5) is 5.69 Å². The minimum Gasteiger partial charge on any atom is -0.494 e. The molecule has 0 aliphatic rings. The van der Waals surface area contributed by atoms with Gasteiger partial charge in [0.05, 0.1) is 19.4 Å². The number of anilines is 1. The molecule has 3 aromatic rings. The molecule has 0 saturated carbocycles. The molecule has 0 unspecified atom stereocenters. The molecule has 7 heteroatoms. The van der Waals surface area contributed by atoms with Crippen molar-refractivity contribution in [2.75, 3.05) is 25.0 Å². The maximum atomic E-state index is 12.0. The van der Waals surface area contributed by atoms with Crippen LogP contribution in [0.15, 0.2) is 82.4 Å². The van der Waals surface area contributed by atoms with Crippen molar-refractivity contribution in [1.29, 1.82) is 0 Å². The van der Waals surface area contributed by atoms with Crippen LogP contribution in [-0.4, -0.2) is 31.6 Å². The van der Waals surface area contributed by atoms with Gasteiger partial charge in [0.15, 0.2) is 11.7 Å². The largest absolute Gasteiger partial charge is 0.494 e. The highest BCUT2D eigenvalue weighted by Gasteiger charge is 2.08. The van der Waals surface area contributed by atoms with E-state index in [2.05, 4.69) is 20.9 Å². The van der Waals surface area contributed by atoms with Crippen LogP contribution in [0.25, 0.3) is 0 Å². The summed E-state index contributed by atoms with van der Waals surface area (Å²) in [5.41, 5.74) is 1.75. The van der Waals surface area contributed by atoms with Crippen molar-refractivity contribution >= 4 is 17.6 Å². The predicted molar refractivity (Wildman–Crippen MR) is 122 cm³/mol. The van der Waals surface area contributed by atoms with Crippen molar-refractivity contribution in [2.24, 2.45) is 4.99 Å². The van der Waals surface area contributed by atoms with Crippen LogP contribution in [0.2, 0.25) is 0 Å². The first-order valence-electron chi connectivity index (χ1n) is 10.4. The third kappa shape index (κ3) is 7.54. The highest BCUT2D eigenvalue weighted by molar-refractivity contribution is 6.02. The maximum Gasteiger partial charge on any atom is 0.291 e. The number of rotatable bonds is 10. The van der Waals surface area contributed by atoms with E-state index in [1.54, 1.807) is 12.1 Å². The van der Waals surface area contributed by atoms with E-state index in [-0.39, 0.29) is 11.7 Å². The molecule has 2 aromatic carbocycles. The molecule has 31 heavy (non-hydrogen) atoms. The zero-order valence-electron chi connectivity index (χ0n) is 17.6. The lowest BCUT2D eigenvalue weighted by molar-refractivity contribution is 0.0996. The molecule has 7 nitrogen and oxygen atoms in total. The van der Waals surface area contributed by atoms with Crippen molar-refractivity contribution in [2.45, 2.75) is 19.9 Å². The Labute approximate surface area is 182 Å². The number of amides is 1. The second-order valence-electron chi connectivity index (χ2n) is 6.77. The first-order chi connectivity index (χ1) is 15.2. The van der Waals surface area contributed by atoms with E-state index in [1.165, 1.54) is 6.26 Å². The number of ether oxygens (including phenoxy) is 1. The van der Waals surface area contributed by atoms with Crippen LogP contribution >= 0.6 is 0 Å². The van der Waals surface area contributed by atoms with Crippen molar-refractivity contribution in [1.82, 2.24) is 10.6 Å². The van der Waals surface area contributed by atoms with Gasteiger partial charge in [0.25, 0.3) is 5.91 Å². The average molecular weight is 421 g/mol. The van der Waals surface area contributed by atoms with Crippen molar-refractivity contribution < 1.29 is 13.9 Å². The summed E-state index contributed by atoms with van der Waals surface area (Å²) < 4.78 is 10.8. The van der Waals surface area contributed by atoms with Gasteiger partial charge in [0.1, 0.15) is 5.75 Å². The summed E-state index contributed by atoms with van der Waals surface area (Å²) in [7, 11) is 0. The highest BCUT2D eigenvalue weighted by Crippen LogP contribution is 2.12. The number of nitrogens with one attached hydrogen (secondary N) is 3. The molecule has 0 bridgehead atoms. The second kappa shape index (κ2) is 12.1. The number of carbonyl (C=O) groups excluding carboxylic acids is 1. The molecule has 0 atom stereocenters. The Morgan fingerprint density at radius 1 is 1.00 bits per heavy atom. The number of aliphatic imine (C=N–C) groups is 1. The van der Waals surface area contributed by atoms with E-state index >= 15 is 0 Å². The smallest absolute Gasteiger partial charge is 0.291 e. The van der Waals surface area contributed by atoms with Gasteiger partial charge in [-0.3, -0.25) is 4.79 Å². The van der Waals surface area contributed by atoms with Gasteiger partial charge in [-0.25, -0.2) is 4.99 Å². The normalized spacial score (nSPS) is 11.1. The van der Waals surface area contributed by atoms with E-state index in [9.17, 15) is 4.79 Å². The van der Waals surface area contributed by atoms with Crippen molar-refractivity contribution in [3.05, 3.63) is 84.3 Å². The SMILES string of the molecule is CCNC(=NCc1ccc(NC(=O)c2ccco2)cc1)NCCCOc1ccccc1. The van der Waals surface area contributed by atoms with Gasteiger partial charge < -0.3 is 25.1 Å². The number of hydrogen-bond donors (Lipinski definition) is 3. The Hall–Kier alpha value is -3.74. The summed E-state index contributed by atoms with van der Waals surface area (Å²) in [6.45, 7) is 4.75. The average Bonchev–Trinajstić information content (AvgIpc) is 3.34. The van der Waals surface area contributed by atoms with E-state index in [4.69, 9.17) is 9.15 Å². The molecule has 0 aliphatic carbocycles. The Bertz CT molecular complexity index is 939. The van der Waals surface area contributed by atoms with Gasteiger partial charge in [-0.05, 0) is 55.3 Å². The number of hydrogen-bond acceptors (Lipinski definition) is 4. The summed E-state index contributed by atoms with van der Waals surface area (Å²) in [6.07, 6.45) is 2.34. The van der Waals surface area contributed by atoms with Crippen molar-refractivity contribution in [3.8, 4) is 5.75 Å². The zero-order chi connectivity index (χ0) is 21.7. The van der Waals surface area contributed by atoms with Crippen LogP contribution < -0.4 is 20.7 Å². The molecule has 1 heterocycles. The lowest BCUT2D eigenvalue weighted by Gasteiger charge is -2.12. The molecule has 0 fully saturated rings. The molecule has 0 aliphatic heterocycles. The van der Waals surface area contributed by atoms with Crippen LogP contribution in [-0.2, 0) is 6.54 Å². The molecular formula is C24H28N4O3. The molecule has 3 rings (SSSR count). The lowest BCUT2D eigenvalue weighted by atomic mass is 10.2. The molecule has 1 aromatic heterocycles. The third-order valence-electron chi connectivity index (χ3n) is 4.35. The summed E-state index contributed by atoms with van der Waals surface area (Å²) in [6, 6.07) is 20.7. The number of benzene rings is 2. The van der Waals surface area contributed by atoms with Crippen molar-refractivity contribution in [3.63, 3.8) is 0 Å². The fraction of sp³-hybridized carbons (Fsp3) is 0.250. The second-order valence-corrected chi connectivity index (χ2v) is 6.77. The monoisotopic (exact) mass is 420 g/mol. The first kappa shape index (κ1) is 22.0. The van der Waals surface area contributed by atoms with E-state index in [1.807, 2.05) is 61.5 Å². The minimum absolute atomic E-state index is 0.273. The fourth-order valence-corrected chi connectivity index (χ4v) is 2.79. The molecular weight excluding hydrogens is 392 g/mol. The summed E-state index contributed by atoms with van der Waals surface area (Å²) in [5, 5.41) is 9.37. The van der Waals surface area contributed by atoms with Gasteiger partial charge >= 0.3 is 0 Å². The van der Waals surface area contributed by atoms with Crippen LogP contribution in [0, 0.1) is 0 Å². The van der Waals surface area contributed by atoms with Crippen LogP contribution in [0.3, 0.4) is 0 Å². The summed E-state index contributed by atoms with van der Waals surface area (Å²) in [5.74, 6) is 1.65. The minimum atomic E-state index is -0.273. The Morgan fingerprint density at radius 2 is 1.81 bits per heavy atom. The van der Waals surface area contributed by atoms with E-state index in [0.29, 0.717) is 18.8 Å². The quantitative estimate of drug-likeness (QED) is 0.262. The number of para-hydroxylation sites is 1. The van der Waals surface area contributed by atoms with Gasteiger partial charge in [-0.1, -0.05) is 30.3 Å². The number of guanidine groups is 1. The molecule has 0 spiro atoms. The number of nitrogens with zero attached hydrogens (tertiary/aromatic N) is 1. The Kier molecular flexibility index (Phi) is 8.55. The number of carbonyl (C=O) groups is 1. The Morgan fingerprint density at radius 3 is 2.52 bits per heavy atom. The predicted octanol–water partition coefficient (Wildman–Crippen LogP) is 4.06. The lowest BCUT2D eigenvalue weighted by Crippen LogP contribution is -2.38. The van der Waals surface area contributed by atoms with Gasteiger partial charge in [0, 0.05) is 18.8 Å². The van der Waals surface area contributed by atoms with E-state index in [0.717, 1.165) is 36.8 Å². The molecule has 0 radical (unpaired) electrons. The standard InChI is InChI=1S/C24H28N4O3/c1-2-25-24(26-15-7-17-30-21-8-4-3-5-9-21)27-18-19-11-13-20(14-12-19)28-23(29)22-10-6-16-31-22/h3-6,8-14,16H,2,7,15,17-18H2,1H3,(H,28,29)(H2,25,26,27). The van der Waals surface area contributed by atoms with E-state index < -0.39 is 0 Å². The number of furan rings is 1. The topological polar surface area (TPSA) is 87.9 Å². The molecule has 162 valence electrons. The van der Waals surface area contributed by atoms with Gasteiger partial charge in [-0.15, -0.1) is 0 Å². The van der Waals surface area contributed by atoms with Crippen LogP contribution in [0.1, 0.15) is 29.5 Å². The zero-order valence-corrected chi connectivity index (χ0v) is 17.6. The Balaban J connectivity index is 1.43.